The molecule has 27 heavy (non-hydrogen) atoms. The Morgan fingerprint density at radius 3 is 2.78 bits per heavy atom. The van der Waals surface area contributed by atoms with Gasteiger partial charge in [0.25, 0.3) is 5.56 Å². The van der Waals surface area contributed by atoms with Crippen molar-refractivity contribution in [1.29, 1.82) is 0 Å². The van der Waals surface area contributed by atoms with Crippen LogP contribution in [0.1, 0.15) is 25.7 Å². The molecule has 0 spiro atoms. The summed E-state index contributed by atoms with van der Waals surface area (Å²) in [5, 5.41) is 0.954. The van der Waals surface area contributed by atoms with Crippen LogP contribution in [0.2, 0.25) is 0 Å². The number of methoxy groups -OCH3 is 1. The maximum absolute atomic E-state index is 13.3. The van der Waals surface area contributed by atoms with Crippen LogP contribution in [-0.4, -0.2) is 27.7 Å². The van der Waals surface area contributed by atoms with Gasteiger partial charge in [0.1, 0.15) is 11.5 Å². The number of carbonyl (C=O) groups is 1. The van der Waals surface area contributed by atoms with Crippen molar-refractivity contribution < 1.29 is 9.53 Å². The van der Waals surface area contributed by atoms with Gasteiger partial charge >= 0.3 is 0 Å². The van der Waals surface area contributed by atoms with Gasteiger partial charge in [0, 0.05) is 12.5 Å². The van der Waals surface area contributed by atoms with Crippen LogP contribution in [0, 0.1) is 0 Å². The van der Waals surface area contributed by atoms with Crippen LogP contribution in [0.3, 0.4) is 0 Å². The van der Waals surface area contributed by atoms with Gasteiger partial charge in [-0.2, -0.15) is 0 Å². The maximum Gasteiger partial charge on any atom is 0.266 e. The average Bonchev–Trinajstić information content (AvgIpc) is 2.70. The van der Waals surface area contributed by atoms with E-state index in [2.05, 4.69) is 0 Å². The first-order valence-electron chi connectivity index (χ1n) is 9.03. The van der Waals surface area contributed by atoms with Crippen molar-refractivity contribution in [3.8, 4) is 11.4 Å². The van der Waals surface area contributed by atoms with Gasteiger partial charge in [-0.1, -0.05) is 36.4 Å². The number of ketones is 1. The number of hydrogen-bond donors (Lipinski definition) is 0. The Balaban J connectivity index is 1.90. The third-order valence-corrected chi connectivity index (χ3v) is 6.07. The molecule has 5 nitrogen and oxygen atoms in total. The standard InChI is InChI=1S/C21H20N2O3S/c1-26-15-8-6-7-14(13-15)23-20(25)16-9-2-3-10-17(16)22-21(23)27-19-12-5-4-11-18(19)24/h2-3,6-10,13,19H,4-5,11-12H2,1H3. The molecule has 0 radical (unpaired) electrons. The van der Waals surface area contributed by atoms with E-state index in [1.165, 1.54) is 11.8 Å². The molecule has 1 heterocycles. The van der Waals surface area contributed by atoms with Gasteiger partial charge < -0.3 is 4.74 Å². The van der Waals surface area contributed by atoms with E-state index >= 15 is 0 Å². The predicted octanol–water partition coefficient (Wildman–Crippen LogP) is 4.00. The van der Waals surface area contributed by atoms with Crippen LogP contribution in [0.15, 0.2) is 58.5 Å². The Morgan fingerprint density at radius 2 is 1.96 bits per heavy atom. The molecule has 1 saturated carbocycles. The Bertz CT molecular complexity index is 1060. The van der Waals surface area contributed by atoms with Crippen molar-refractivity contribution in [3.05, 3.63) is 58.9 Å². The van der Waals surface area contributed by atoms with E-state index in [0.29, 0.717) is 33.9 Å². The molecule has 1 aromatic heterocycles. The number of para-hydroxylation sites is 1. The summed E-state index contributed by atoms with van der Waals surface area (Å²) in [6.07, 6.45) is 3.41. The van der Waals surface area contributed by atoms with E-state index < -0.39 is 0 Å². The molecule has 0 bridgehead atoms. The molecule has 4 rings (SSSR count). The van der Waals surface area contributed by atoms with E-state index in [-0.39, 0.29) is 16.6 Å². The van der Waals surface area contributed by atoms with E-state index in [0.717, 1.165) is 19.3 Å². The topological polar surface area (TPSA) is 61.2 Å². The molecule has 0 amide bonds. The molecule has 0 aliphatic heterocycles. The largest absolute Gasteiger partial charge is 0.497 e. The van der Waals surface area contributed by atoms with Gasteiger partial charge in [0.15, 0.2) is 5.16 Å². The average molecular weight is 380 g/mol. The Hall–Kier alpha value is -2.60. The SMILES string of the molecule is COc1cccc(-n2c(SC3CCCCC3=O)nc3ccccc3c2=O)c1. The van der Waals surface area contributed by atoms with E-state index in [1.807, 2.05) is 42.5 Å². The fourth-order valence-corrected chi connectivity index (χ4v) is 4.60. The van der Waals surface area contributed by atoms with Crippen molar-refractivity contribution in [1.82, 2.24) is 9.55 Å². The number of aromatic nitrogens is 2. The molecule has 1 atom stereocenters. The summed E-state index contributed by atoms with van der Waals surface area (Å²) in [7, 11) is 1.59. The van der Waals surface area contributed by atoms with Crippen LogP contribution in [0.25, 0.3) is 16.6 Å². The zero-order valence-corrected chi connectivity index (χ0v) is 15.9. The summed E-state index contributed by atoms with van der Waals surface area (Å²) in [6.45, 7) is 0. The van der Waals surface area contributed by atoms with Gasteiger partial charge in [-0.15, -0.1) is 0 Å². The summed E-state index contributed by atoms with van der Waals surface area (Å²) in [6, 6.07) is 14.7. The van der Waals surface area contributed by atoms with Gasteiger partial charge in [0.2, 0.25) is 0 Å². The van der Waals surface area contributed by atoms with Gasteiger partial charge in [-0.05, 0) is 37.1 Å². The number of rotatable bonds is 4. The highest BCUT2D eigenvalue weighted by molar-refractivity contribution is 8.00. The third kappa shape index (κ3) is 3.49. The second-order valence-electron chi connectivity index (χ2n) is 6.57. The summed E-state index contributed by atoms with van der Waals surface area (Å²) in [4.78, 5) is 30.3. The number of benzene rings is 2. The molecule has 138 valence electrons. The van der Waals surface area contributed by atoms with E-state index in [9.17, 15) is 9.59 Å². The summed E-state index contributed by atoms with van der Waals surface area (Å²) in [5.41, 5.74) is 1.19. The van der Waals surface area contributed by atoms with E-state index in [1.54, 1.807) is 17.7 Å². The van der Waals surface area contributed by atoms with Crippen LogP contribution in [0.5, 0.6) is 5.75 Å². The molecule has 6 heteroatoms. The highest BCUT2D eigenvalue weighted by Crippen LogP contribution is 2.32. The fourth-order valence-electron chi connectivity index (χ4n) is 3.37. The quantitative estimate of drug-likeness (QED) is 0.640. The normalized spacial score (nSPS) is 17.2. The maximum atomic E-state index is 13.3. The van der Waals surface area contributed by atoms with Crippen LogP contribution < -0.4 is 10.3 Å². The van der Waals surface area contributed by atoms with Crippen LogP contribution in [-0.2, 0) is 4.79 Å². The number of fused-ring (bicyclic) bond motifs is 1. The van der Waals surface area contributed by atoms with Gasteiger partial charge in [0.05, 0.1) is 29.0 Å². The lowest BCUT2D eigenvalue weighted by atomic mass is 9.99. The lowest BCUT2D eigenvalue weighted by Crippen LogP contribution is -2.26. The van der Waals surface area contributed by atoms with Crippen molar-refractivity contribution in [2.45, 2.75) is 36.1 Å². The number of thioether (sulfide) groups is 1. The molecular formula is C21H20N2O3S. The number of Topliss-reactive ketones (excluding diaryl/α,β-unsaturated/α-hetero) is 1. The summed E-state index contributed by atoms with van der Waals surface area (Å²) in [5.74, 6) is 0.906. The van der Waals surface area contributed by atoms with Gasteiger partial charge in [-0.25, -0.2) is 4.98 Å². The highest BCUT2D eigenvalue weighted by atomic mass is 32.2. The van der Waals surface area contributed by atoms with Crippen molar-refractivity contribution in [2.75, 3.05) is 7.11 Å². The molecule has 0 N–H and O–H groups in total. The molecule has 0 saturated heterocycles. The second-order valence-corrected chi connectivity index (χ2v) is 7.74. The third-order valence-electron chi connectivity index (χ3n) is 4.80. The van der Waals surface area contributed by atoms with Crippen LogP contribution >= 0.6 is 11.8 Å². The molecular weight excluding hydrogens is 360 g/mol. The molecule has 1 aliphatic carbocycles. The monoisotopic (exact) mass is 380 g/mol. The number of carbonyl (C=O) groups excluding carboxylic acids is 1. The molecule has 1 fully saturated rings. The molecule has 2 aromatic carbocycles. The molecule has 3 aromatic rings. The van der Waals surface area contributed by atoms with Crippen molar-refractivity contribution in [3.63, 3.8) is 0 Å². The summed E-state index contributed by atoms with van der Waals surface area (Å²) < 4.78 is 6.91. The Kier molecular flexibility index (Phi) is 4.99. The number of hydrogen-bond acceptors (Lipinski definition) is 5. The minimum Gasteiger partial charge on any atom is -0.497 e. The Morgan fingerprint density at radius 1 is 1.11 bits per heavy atom. The first-order chi connectivity index (χ1) is 13.2. The molecule has 1 unspecified atom stereocenters. The predicted molar refractivity (Wildman–Crippen MR) is 107 cm³/mol. The number of nitrogens with zero attached hydrogens (tertiary/aromatic N) is 2. The lowest BCUT2D eigenvalue weighted by molar-refractivity contribution is -0.119. The lowest BCUT2D eigenvalue weighted by Gasteiger charge is -2.21. The minimum absolute atomic E-state index is 0.139. The zero-order valence-electron chi connectivity index (χ0n) is 15.1. The van der Waals surface area contributed by atoms with Crippen molar-refractivity contribution >= 4 is 28.4 Å². The Labute approximate surface area is 161 Å². The van der Waals surface area contributed by atoms with E-state index in [4.69, 9.17) is 9.72 Å². The molecule has 1 aliphatic rings. The first-order valence-corrected chi connectivity index (χ1v) is 9.91. The second kappa shape index (κ2) is 7.56. The summed E-state index contributed by atoms with van der Waals surface area (Å²) >= 11 is 1.40. The highest BCUT2D eigenvalue weighted by Gasteiger charge is 2.26. The van der Waals surface area contributed by atoms with Gasteiger partial charge in [-0.3, -0.25) is 14.2 Å². The smallest absolute Gasteiger partial charge is 0.266 e. The number of ether oxygens (including phenoxy) is 1. The zero-order chi connectivity index (χ0) is 18.8. The minimum atomic E-state index is -0.149. The van der Waals surface area contributed by atoms with Crippen LogP contribution in [0.4, 0.5) is 0 Å². The van der Waals surface area contributed by atoms with Crippen molar-refractivity contribution in [2.24, 2.45) is 0 Å². The first kappa shape index (κ1) is 17.8. The fraction of sp³-hybridized carbons (Fsp3) is 0.286.